The van der Waals surface area contributed by atoms with Gasteiger partial charge in [0.05, 0.1) is 12.1 Å². The highest BCUT2D eigenvalue weighted by molar-refractivity contribution is 7.79. The van der Waals surface area contributed by atoms with Gasteiger partial charge in [-0.3, -0.25) is 9.59 Å². The zero-order chi connectivity index (χ0) is 29.3. The molecule has 1 amide bonds. The predicted octanol–water partition coefficient (Wildman–Crippen LogP) is 5.50. The number of carbonyl (C=O) groups is 2. The number of hydrogen-bond donors (Lipinski definition) is 5. The highest BCUT2D eigenvalue weighted by Crippen LogP contribution is 2.20. The molecule has 1 unspecified atom stereocenters. The largest absolute Gasteiger partial charge is 0.388 e. The van der Waals surface area contributed by atoms with Crippen molar-refractivity contribution in [2.24, 2.45) is 0 Å². The van der Waals surface area contributed by atoms with Crippen molar-refractivity contribution in [1.29, 1.82) is 0 Å². The number of hydrogen-bond acceptors (Lipinski definition) is 6. The molecule has 1 heterocycles. The summed E-state index contributed by atoms with van der Waals surface area (Å²) in [5.41, 5.74) is 4.96. The fourth-order valence-electron chi connectivity index (χ4n) is 4.47. The molecule has 212 valence electrons. The minimum absolute atomic E-state index is 0.0311. The SMILES string of the molecule is C=C.C=C(NCc1ccccc1)c1cc(NC)cc(C(=O)N[C@@H](Cc2ccccc2)C(=O)C2CCCN2)c1.CS. The Morgan fingerprint density at radius 2 is 1.55 bits per heavy atom. The van der Waals surface area contributed by atoms with Crippen LogP contribution in [0.15, 0.2) is 98.6 Å². The van der Waals surface area contributed by atoms with E-state index in [1.54, 1.807) is 12.3 Å². The maximum atomic E-state index is 13.4. The molecule has 1 saturated heterocycles. The van der Waals surface area contributed by atoms with Crippen molar-refractivity contribution >= 4 is 35.7 Å². The lowest BCUT2D eigenvalue weighted by Gasteiger charge is -2.22. The van der Waals surface area contributed by atoms with E-state index in [0.29, 0.717) is 18.5 Å². The summed E-state index contributed by atoms with van der Waals surface area (Å²) >= 11 is 3.53. The number of benzene rings is 3. The first-order valence-electron chi connectivity index (χ1n) is 13.4. The van der Waals surface area contributed by atoms with Crippen LogP contribution in [-0.2, 0) is 17.8 Å². The van der Waals surface area contributed by atoms with Crippen molar-refractivity contribution in [2.75, 3.05) is 25.2 Å². The second-order valence-corrected chi connectivity index (χ2v) is 9.13. The molecule has 1 fully saturated rings. The Kier molecular flexibility index (Phi) is 14.3. The Bertz CT molecular complexity index is 1210. The maximum absolute atomic E-state index is 13.4. The van der Waals surface area contributed by atoms with Crippen LogP contribution in [0.4, 0.5) is 5.69 Å². The van der Waals surface area contributed by atoms with Crippen molar-refractivity contribution in [1.82, 2.24) is 16.0 Å². The highest BCUT2D eigenvalue weighted by atomic mass is 32.1. The molecule has 3 aromatic carbocycles. The van der Waals surface area contributed by atoms with E-state index in [9.17, 15) is 9.59 Å². The molecule has 4 N–H and O–H groups in total. The number of anilines is 1. The van der Waals surface area contributed by atoms with Crippen molar-refractivity contribution in [2.45, 2.75) is 37.9 Å². The summed E-state index contributed by atoms with van der Waals surface area (Å²) in [7, 11) is 1.81. The van der Waals surface area contributed by atoms with Gasteiger partial charge in [-0.25, -0.2) is 0 Å². The topological polar surface area (TPSA) is 82.3 Å². The zero-order valence-electron chi connectivity index (χ0n) is 23.6. The first-order valence-corrected chi connectivity index (χ1v) is 14.3. The molecule has 0 aromatic heterocycles. The molecular weight excluding hydrogens is 516 g/mol. The third-order valence-electron chi connectivity index (χ3n) is 6.52. The van der Waals surface area contributed by atoms with E-state index in [4.69, 9.17) is 0 Å². The van der Waals surface area contributed by atoms with Gasteiger partial charge in [0, 0.05) is 30.5 Å². The van der Waals surface area contributed by atoms with Gasteiger partial charge < -0.3 is 21.3 Å². The third-order valence-corrected chi connectivity index (χ3v) is 6.52. The van der Waals surface area contributed by atoms with E-state index in [1.807, 2.05) is 79.8 Å². The number of ketones is 1. The molecule has 1 aliphatic heterocycles. The molecule has 0 radical (unpaired) electrons. The molecule has 1 aliphatic rings. The quantitative estimate of drug-likeness (QED) is 0.159. The van der Waals surface area contributed by atoms with Crippen molar-refractivity contribution < 1.29 is 9.59 Å². The van der Waals surface area contributed by atoms with Gasteiger partial charge in [0.25, 0.3) is 5.91 Å². The van der Waals surface area contributed by atoms with Crippen molar-refractivity contribution in [3.63, 3.8) is 0 Å². The summed E-state index contributed by atoms with van der Waals surface area (Å²) in [5, 5.41) is 12.8. The van der Waals surface area contributed by atoms with E-state index in [1.165, 1.54) is 0 Å². The summed E-state index contributed by atoms with van der Waals surface area (Å²) < 4.78 is 0. The summed E-state index contributed by atoms with van der Waals surface area (Å²) in [6.45, 7) is 11.6. The molecule has 0 aliphatic carbocycles. The van der Waals surface area contributed by atoms with Crippen LogP contribution in [0, 0.1) is 0 Å². The van der Waals surface area contributed by atoms with Crippen molar-refractivity contribution in [3.8, 4) is 0 Å². The van der Waals surface area contributed by atoms with E-state index in [0.717, 1.165) is 47.5 Å². The van der Waals surface area contributed by atoms with Crippen LogP contribution in [0.1, 0.15) is 39.9 Å². The maximum Gasteiger partial charge on any atom is 0.251 e. The van der Waals surface area contributed by atoms with Gasteiger partial charge in [-0.15, -0.1) is 13.2 Å². The lowest BCUT2D eigenvalue weighted by atomic mass is 9.96. The molecule has 7 heteroatoms. The molecule has 2 atom stereocenters. The smallest absolute Gasteiger partial charge is 0.251 e. The summed E-state index contributed by atoms with van der Waals surface area (Å²) in [4.78, 5) is 26.7. The highest BCUT2D eigenvalue weighted by Gasteiger charge is 2.30. The van der Waals surface area contributed by atoms with E-state index >= 15 is 0 Å². The molecule has 0 saturated carbocycles. The van der Waals surface area contributed by atoms with Crippen LogP contribution >= 0.6 is 12.6 Å². The Balaban J connectivity index is 0.00000134. The standard InChI is InChI=1S/C30H34N4O2.C2H4.CH4S/c1-21(33-20-23-12-7-4-8-13-23)24-17-25(19-26(18-24)31-2)30(36)34-28(16-22-10-5-3-6-11-22)29(35)27-14-9-15-32-27;2*1-2/h3-8,10-13,17-19,27-28,31-33H,1,9,14-16,20H2,2H3,(H,34,36);1-2H2;2H,1H3/t27?,28-;;/m0../s1. The van der Waals surface area contributed by atoms with Crippen LogP contribution in [0.2, 0.25) is 0 Å². The molecule has 0 bridgehead atoms. The van der Waals surface area contributed by atoms with Gasteiger partial charge in [-0.1, -0.05) is 67.2 Å². The summed E-state index contributed by atoms with van der Waals surface area (Å²) in [6, 6.07) is 24.6. The predicted molar refractivity (Wildman–Crippen MR) is 172 cm³/mol. The first kappa shape index (κ1) is 32.4. The summed E-state index contributed by atoms with van der Waals surface area (Å²) in [5.74, 6) is -0.250. The summed E-state index contributed by atoms with van der Waals surface area (Å²) in [6.07, 6.45) is 3.91. The fourth-order valence-corrected chi connectivity index (χ4v) is 4.47. The molecule has 40 heavy (non-hydrogen) atoms. The van der Waals surface area contributed by atoms with E-state index in [2.05, 4.69) is 53.6 Å². The Morgan fingerprint density at radius 3 is 2.12 bits per heavy atom. The lowest BCUT2D eigenvalue weighted by molar-refractivity contribution is -0.122. The number of nitrogens with one attached hydrogen (secondary N) is 4. The second kappa shape index (κ2) is 17.7. The Morgan fingerprint density at radius 1 is 0.950 bits per heavy atom. The van der Waals surface area contributed by atoms with Gasteiger partial charge >= 0.3 is 0 Å². The second-order valence-electron chi connectivity index (χ2n) is 9.13. The first-order chi connectivity index (χ1) is 19.5. The third kappa shape index (κ3) is 9.74. The van der Waals surface area contributed by atoms with Gasteiger partial charge in [0.15, 0.2) is 5.78 Å². The number of thiol groups is 1. The van der Waals surface area contributed by atoms with Crippen LogP contribution in [0.5, 0.6) is 0 Å². The monoisotopic (exact) mass is 558 g/mol. The van der Waals surface area contributed by atoms with Crippen molar-refractivity contribution in [3.05, 3.63) is 121 Å². The van der Waals surface area contributed by atoms with Crippen LogP contribution in [-0.4, -0.2) is 43.6 Å². The number of Topliss-reactive ketones (excluding diaryl/α,β-unsaturated/α-hetero) is 1. The van der Waals surface area contributed by atoms with Gasteiger partial charge in [0.2, 0.25) is 0 Å². The van der Waals surface area contributed by atoms with Gasteiger partial charge in [0.1, 0.15) is 0 Å². The molecule has 3 aromatic rings. The average Bonchev–Trinajstić information content (AvgIpc) is 3.57. The fraction of sp³-hybridized carbons (Fsp3) is 0.273. The Labute approximate surface area is 244 Å². The normalized spacial score (nSPS) is 14.3. The van der Waals surface area contributed by atoms with Gasteiger partial charge in [-0.05, 0) is 67.0 Å². The molecule has 4 rings (SSSR count). The van der Waals surface area contributed by atoms with Crippen LogP contribution < -0.4 is 21.3 Å². The van der Waals surface area contributed by atoms with E-state index in [-0.39, 0.29) is 17.7 Å². The lowest BCUT2D eigenvalue weighted by Crippen LogP contribution is -2.49. The Hall–Kier alpha value is -3.81. The molecule has 6 nitrogen and oxygen atoms in total. The van der Waals surface area contributed by atoms with E-state index < -0.39 is 6.04 Å². The van der Waals surface area contributed by atoms with Crippen LogP contribution in [0.3, 0.4) is 0 Å². The number of rotatable bonds is 11. The minimum atomic E-state index is -0.614. The van der Waals surface area contributed by atoms with Crippen LogP contribution in [0.25, 0.3) is 5.70 Å². The molecule has 0 spiro atoms. The van der Waals surface area contributed by atoms with Gasteiger partial charge in [-0.2, -0.15) is 12.6 Å². The average molecular weight is 559 g/mol. The minimum Gasteiger partial charge on any atom is -0.388 e. The number of amides is 1. The number of carbonyl (C=O) groups excluding carboxylic acids is 2. The zero-order valence-corrected chi connectivity index (χ0v) is 24.5. The molecular formula is C33H42N4O2S.